The lowest BCUT2D eigenvalue weighted by Gasteiger charge is -2.31. The fourth-order valence-electron chi connectivity index (χ4n) is 3.72. The van der Waals surface area contributed by atoms with Crippen molar-refractivity contribution in [3.05, 3.63) is 0 Å². The van der Waals surface area contributed by atoms with Gasteiger partial charge in [0.05, 0.1) is 17.6 Å². The number of rotatable bonds is 4. The first kappa shape index (κ1) is 16.3. The van der Waals surface area contributed by atoms with Crippen LogP contribution >= 0.6 is 0 Å². The second-order valence-corrected chi connectivity index (χ2v) is 6.70. The van der Waals surface area contributed by atoms with Crippen LogP contribution in [0.3, 0.4) is 0 Å². The summed E-state index contributed by atoms with van der Waals surface area (Å²) in [5.41, 5.74) is -0.903. The minimum Gasteiger partial charge on any atom is -0.481 e. The van der Waals surface area contributed by atoms with E-state index in [0.29, 0.717) is 12.8 Å². The van der Waals surface area contributed by atoms with Gasteiger partial charge >= 0.3 is 5.97 Å². The van der Waals surface area contributed by atoms with E-state index in [1.54, 1.807) is 0 Å². The summed E-state index contributed by atoms with van der Waals surface area (Å²) in [6.45, 7) is 0. The fraction of sp³-hybridized carbons (Fsp3) is 0.875. The van der Waals surface area contributed by atoms with Gasteiger partial charge < -0.3 is 15.5 Å². The zero-order valence-corrected chi connectivity index (χ0v) is 12.6. The number of nitrogens with one attached hydrogen (secondary N) is 1. The number of carboxylic acids is 1. The van der Waals surface area contributed by atoms with Gasteiger partial charge in [-0.1, -0.05) is 38.5 Å². The van der Waals surface area contributed by atoms with E-state index in [9.17, 15) is 19.8 Å². The van der Waals surface area contributed by atoms with Gasteiger partial charge in [0, 0.05) is 6.42 Å². The molecule has 0 saturated heterocycles. The molecule has 120 valence electrons. The Morgan fingerprint density at radius 1 is 1.00 bits per heavy atom. The van der Waals surface area contributed by atoms with Gasteiger partial charge in [-0.05, 0) is 25.7 Å². The van der Waals surface area contributed by atoms with Gasteiger partial charge in [-0.25, -0.2) is 0 Å². The van der Waals surface area contributed by atoms with Crippen LogP contribution < -0.4 is 5.32 Å². The molecule has 2 aliphatic carbocycles. The number of carboxylic acid groups (broad SMARTS) is 1. The standard InChI is InChI=1S/C16H27NO4/c18-13-8-4-3-7-12(13)17-14(19)11-16(15(20)21)9-5-1-2-6-10-16/h12-13,18H,1-11H2,(H,17,19)(H,20,21). The van der Waals surface area contributed by atoms with Crippen LogP contribution in [0.25, 0.3) is 0 Å². The van der Waals surface area contributed by atoms with Crippen LogP contribution in [0.2, 0.25) is 0 Å². The highest BCUT2D eigenvalue weighted by atomic mass is 16.4. The van der Waals surface area contributed by atoms with Crippen molar-refractivity contribution >= 4 is 11.9 Å². The summed E-state index contributed by atoms with van der Waals surface area (Å²) >= 11 is 0. The summed E-state index contributed by atoms with van der Waals surface area (Å²) < 4.78 is 0. The normalized spacial score (nSPS) is 29.4. The monoisotopic (exact) mass is 297 g/mol. The predicted molar refractivity (Wildman–Crippen MR) is 78.8 cm³/mol. The average molecular weight is 297 g/mol. The third-order valence-electron chi connectivity index (χ3n) is 5.09. The molecule has 2 unspecified atom stereocenters. The molecule has 0 aromatic heterocycles. The summed E-state index contributed by atoms with van der Waals surface area (Å²) in [6.07, 6.45) is 8.10. The predicted octanol–water partition coefficient (Wildman–Crippen LogP) is 2.22. The molecule has 3 N–H and O–H groups in total. The summed E-state index contributed by atoms with van der Waals surface area (Å²) in [7, 11) is 0. The molecule has 2 aliphatic rings. The van der Waals surface area contributed by atoms with E-state index in [4.69, 9.17) is 0 Å². The molecule has 2 atom stereocenters. The Kier molecular flexibility index (Phi) is 5.62. The Morgan fingerprint density at radius 3 is 2.19 bits per heavy atom. The number of aliphatic carboxylic acids is 1. The highest BCUT2D eigenvalue weighted by Crippen LogP contribution is 2.38. The average Bonchev–Trinajstić information content (AvgIpc) is 2.68. The SMILES string of the molecule is O=C(CC1(C(=O)O)CCCCCC1)NC1CCCCC1O. The van der Waals surface area contributed by atoms with Crippen LogP contribution in [0.5, 0.6) is 0 Å². The van der Waals surface area contributed by atoms with Crippen molar-refractivity contribution in [3.63, 3.8) is 0 Å². The van der Waals surface area contributed by atoms with Crippen molar-refractivity contribution in [2.24, 2.45) is 5.41 Å². The lowest BCUT2D eigenvalue weighted by atomic mass is 9.77. The van der Waals surface area contributed by atoms with E-state index in [1.807, 2.05) is 0 Å². The number of hydrogen-bond acceptors (Lipinski definition) is 3. The van der Waals surface area contributed by atoms with Gasteiger partial charge in [0.1, 0.15) is 0 Å². The molecule has 0 radical (unpaired) electrons. The maximum Gasteiger partial charge on any atom is 0.310 e. The number of aliphatic hydroxyl groups excluding tert-OH is 1. The van der Waals surface area contributed by atoms with Crippen LogP contribution in [0.4, 0.5) is 0 Å². The van der Waals surface area contributed by atoms with Crippen LogP contribution in [-0.4, -0.2) is 34.2 Å². The van der Waals surface area contributed by atoms with E-state index in [0.717, 1.165) is 51.4 Å². The first-order valence-electron chi connectivity index (χ1n) is 8.24. The van der Waals surface area contributed by atoms with Crippen LogP contribution in [-0.2, 0) is 9.59 Å². The molecule has 2 fully saturated rings. The molecule has 2 saturated carbocycles. The zero-order chi connectivity index (χ0) is 15.3. The Bertz CT molecular complexity index is 374. The molecular weight excluding hydrogens is 270 g/mol. The Balaban J connectivity index is 1.96. The van der Waals surface area contributed by atoms with Crippen molar-refractivity contribution in [1.29, 1.82) is 0 Å². The first-order valence-corrected chi connectivity index (χ1v) is 8.24. The van der Waals surface area contributed by atoms with Crippen molar-refractivity contribution in [2.45, 2.75) is 82.8 Å². The van der Waals surface area contributed by atoms with Gasteiger partial charge in [0.2, 0.25) is 5.91 Å². The molecule has 0 aliphatic heterocycles. The summed E-state index contributed by atoms with van der Waals surface area (Å²) in [6, 6.07) is -0.206. The molecule has 0 heterocycles. The largest absolute Gasteiger partial charge is 0.481 e. The second kappa shape index (κ2) is 7.25. The van der Waals surface area contributed by atoms with Gasteiger partial charge in [-0.2, -0.15) is 0 Å². The van der Waals surface area contributed by atoms with E-state index in [2.05, 4.69) is 5.32 Å². The Hall–Kier alpha value is -1.10. The number of carbonyl (C=O) groups excluding carboxylic acids is 1. The minimum atomic E-state index is -0.903. The highest BCUT2D eigenvalue weighted by molar-refractivity contribution is 5.85. The fourth-order valence-corrected chi connectivity index (χ4v) is 3.72. The van der Waals surface area contributed by atoms with Gasteiger partial charge in [0.15, 0.2) is 0 Å². The molecule has 21 heavy (non-hydrogen) atoms. The third-order valence-corrected chi connectivity index (χ3v) is 5.09. The van der Waals surface area contributed by atoms with Crippen molar-refractivity contribution in [3.8, 4) is 0 Å². The smallest absolute Gasteiger partial charge is 0.310 e. The highest BCUT2D eigenvalue weighted by Gasteiger charge is 2.41. The van der Waals surface area contributed by atoms with Crippen molar-refractivity contribution in [1.82, 2.24) is 5.32 Å². The summed E-state index contributed by atoms with van der Waals surface area (Å²) in [5.74, 6) is -1.06. The minimum absolute atomic E-state index is 0.0472. The molecule has 2 rings (SSSR count). The zero-order valence-electron chi connectivity index (χ0n) is 12.6. The van der Waals surface area contributed by atoms with E-state index in [1.165, 1.54) is 0 Å². The number of amides is 1. The molecule has 5 heteroatoms. The van der Waals surface area contributed by atoms with Gasteiger partial charge in [-0.15, -0.1) is 0 Å². The molecule has 5 nitrogen and oxygen atoms in total. The maximum atomic E-state index is 12.3. The van der Waals surface area contributed by atoms with E-state index in [-0.39, 0.29) is 18.4 Å². The van der Waals surface area contributed by atoms with Crippen molar-refractivity contribution in [2.75, 3.05) is 0 Å². The topological polar surface area (TPSA) is 86.6 Å². The first-order chi connectivity index (χ1) is 10.0. The van der Waals surface area contributed by atoms with Crippen LogP contribution in [0, 0.1) is 5.41 Å². The summed E-state index contributed by atoms with van der Waals surface area (Å²) in [5, 5.41) is 22.4. The number of hydrogen-bond donors (Lipinski definition) is 3. The molecule has 0 aromatic carbocycles. The lowest BCUT2D eigenvalue weighted by molar-refractivity contribution is -0.153. The molecule has 0 bridgehead atoms. The molecular formula is C16H27NO4. The van der Waals surface area contributed by atoms with E-state index < -0.39 is 17.5 Å². The number of aliphatic hydroxyl groups is 1. The lowest BCUT2D eigenvalue weighted by Crippen LogP contribution is -2.47. The van der Waals surface area contributed by atoms with Crippen LogP contribution in [0.15, 0.2) is 0 Å². The number of carbonyl (C=O) groups is 2. The molecule has 0 spiro atoms. The quantitative estimate of drug-likeness (QED) is 0.694. The Morgan fingerprint density at radius 2 is 1.62 bits per heavy atom. The second-order valence-electron chi connectivity index (χ2n) is 6.70. The molecule has 0 aromatic rings. The van der Waals surface area contributed by atoms with Crippen molar-refractivity contribution < 1.29 is 19.8 Å². The Labute approximate surface area is 126 Å². The molecule has 1 amide bonds. The van der Waals surface area contributed by atoms with E-state index >= 15 is 0 Å². The van der Waals surface area contributed by atoms with Gasteiger partial charge in [0.25, 0.3) is 0 Å². The maximum absolute atomic E-state index is 12.3. The third kappa shape index (κ3) is 4.19. The van der Waals surface area contributed by atoms with Gasteiger partial charge in [-0.3, -0.25) is 9.59 Å². The van der Waals surface area contributed by atoms with Crippen LogP contribution in [0.1, 0.15) is 70.6 Å². The summed E-state index contributed by atoms with van der Waals surface area (Å²) in [4.78, 5) is 24.0.